The maximum Gasteiger partial charge on any atom is 0.264 e. The van der Waals surface area contributed by atoms with Crippen LogP contribution in [0, 0.1) is 20.8 Å². The van der Waals surface area contributed by atoms with Crippen LogP contribution in [0.4, 0.5) is 11.4 Å². The molecule has 5 amide bonds. The van der Waals surface area contributed by atoms with E-state index in [1.807, 2.05) is 66.1 Å². The topological polar surface area (TPSA) is 175 Å². The lowest BCUT2D eigenvalue weighted by atomic mass is 9.95. The highest BCUT2D eigenvalue weighted by molar-refractivity contribution is 7.15. The predicted molar refractivity (Wildman–Crippen MR) is 253 cm³/mol. The standard InChI is InChI=1S/C49H49ClN10O6S/c1-26-27(2)67-49-42(26)44(29-7-9-30(50)10-8-29)52-37(45-55-54-28(3)59(45)49)21-41(62)51-31-11-13-34(14-12-31)66-35-17-19-56(20-18-35)32-22-57(23-32)33-24-58(25-33)38-6-4-5-36-43(38)48(65)60(47(36)64)39-15-16-40(61)53-46(39)63/h4-14,32-33,35,37,39H,15-25H2,1-3H3,(H,51,62)(H,53,61,63)/t37-,39?/m0/s1. The highest BCUT2D eigenvalue weighted by Gasteiger charge is 2.48. The number of likely N-dealkylation sites (tertiary alicyclic amines) is 2. The number of imide groups is 2. The molecule has 6 aliphatic heterocycles. The van der Waals surface area contributed by atoms with E-state index in [0.717, 1.165) is 102 Å². The fourth-order valence-electron chi connectivity index (χ4n) is 10.3. The van der Waals surface area contributed by atoms with Crippen LogP contribution in [0.15, 0.2) is 71.7 Å². The summed E-state index contributed by atoms with van der Waals surface area (Å²) in [5, 5.41) is 15.9. The summed E-state index contributed by atoms with van der Waals surface area (Å²) >= 11 is 7.94. The lowest BCUT2D eigenvalue weighted by Gasteiger charge is -2.55. The third-order valence-electron chi connectivity index (χ3n) is 14.2. The number of carbonyl (C=O) groups is 5. The van der Waals surface area contributed by atoms with Crippen LogP contribution < -0.4 is 20.3 Å². The van der Waals surface area contributed by atoms with Crippen molar-refractivity contribution in [1.82, 2.24) is 34.8 Å². The lowest BCUT2D eigenvalue weighted by molar-refractivity contribution is -0.136. The van der Waals surface area contributed by atoms with Crippen LogP contribution in [0.5, 0.6) is 5.75 Å². The Balaban J connectivity index is 0.655. The molecule has 67 heavy (non-hydrogen) atoms. The summed E-state index contributed by atoms with van der Waals surface area (Å²) < 4.78 is 8.47. The van der Waals surface area contributed by atoms with Crippen molar-refractivity contribution in [2.24, 2.45) is 4.99 Å². The van der Waals surface area contributed by atoms with Crippen LogP contribution in [0.25, 0.3) is 5.00 Å². The molecule has 11 rings (SSSR count). The Hall–Kier alpha value is -6.27. The van der Waals surface area contributed by atoms with E-state index in [4.69, 9.17) is 21.3 Å². The number of anilines is 2. The molecule has 0 aliphatic carbocycles. The number of amides is 5. The third kappa shape index (κ3) is 7.80. The SMILES string of the molecule is Cc1sc2c(c1C)C(c1ccc(Cl)cc1)=N[C@@H](CC(=O)Nc1ccc(OC3CCN(C4CN(C5CN(c6cccc7c6C(=O)N(C6CCC(=O)NC6=O)C7=O)C5)C4)CC3)cc1)c1nnc(C)n1-2. The molecule has 4 saturated heterocycles. The lowest BCUT2D eigenvalue weighted by Crippen LogP contribution is -2.70. The molecule has 0 spiro atoms. The van der Waals surface area contributed by atoms with E-state index in [-0.39, 0.29) is 31.3 Å². The van der Waals surface area contributed by atoms with Crippen molar-refractivity contribution in [3.05, 3.63) is 116 Å². The first-order chi connectivity index (χ1) is 32.4. The Labute approximate surface area is 395 Å². The van der Waals surface area contributed by atoms with Gasteiger partial charge in [0.05, 0.1) is 28.9 Å². The van der Waals surface area contributed by atoms with Crippen molar-refractivity contribution in [1.29, 1.82) is 0 Å². The van der Waals surface area contributed by atoms with Gasteiger partial charge in [0.1, 0.15) is 34.8 Å². The summed E-state index contributed by atoms with van der Waals surface area (Å²) in [6.07, 6.45) is 2.23. The van der Waals surface area contributed by atoms with Crippen LogP contribution in [0.3, 0.4) is 0 Å². The number of hydrogen-bond acceptors (Lipinski definition) is 13. The highest BCUT2D eigenvalue weighted by Crippen LogP contribution is 2.41. The van der Waals surface area contributed by atoms with Crippen molar-refractivity contribution < 1.29 is 28.7 Å². The monoisotopic (exact) mass is 940 g/mol. The Morgan fingerprint density at radius 2 is 1.58 bits per heavy atom. The first-order valence-electron chi connectivity index (χ1n) is 22.9. The summed E-state index contributed by atoms with van der Waals surface area (Å²) in [6.45, 7) is 11.5. The van der Waals surface area contributed by atoms with Crippen LogP contribution in [-0.2, 0) is 14.4 Å². The average molecular weight is 942 g/mol. The van der Waals surface area contributed by atoms with E-state index in [2.05, 4.69) is 49.4 Å². The van der Waals surface area contributed by atoms with Gasteiger partial charge in [-0.1, -0.05) is 29.8 Å². The zero-order chi connectivity index (χ0) is 46.2. The van der Waals surface area contributed by atoms with Crippen LogP contribution >= 0.6 is 22.9 Å². The summed E-state index contributed by atoms with van der Waals surface area (Å²) in [5.74, 6) is -0.0134. The van der Waals surface area contributed by atoms with Crippen molar-refractivity contribution in [2.45, 2.75) is 83.1 Å². The number of benzene rings is 3. The number of fused-ring (bicyclic) bond motifs is 4. The second kappa shape index (κ2) is 17.1. The Morgan fingerprint density at radius 3 is 2.31 bits per heavy atom. The van der Waals surface area contributed by atoms with Gasteiger partial charge >= 0.3 is 0 Å². The first-order valence-corrected chi connectivity index (χ1v) is 24.1. The Kier molecular flexibility index (Phi) is 11.1. The van der Waals surface area contributed by atoms with Crippen molar-refractivity contribution in [2.75, 3.05) is 49.5 Å². The minimum Gasteiger partial charge on any atom is -0.490 e. The minimum atomic E-state index is -0.984. The van der Waals surface area contributed by atoms with Crippen molar-refractivity contribution >= 4 is 69.6 Å². The molecule has 8 heterocycles. The Bertz CT molecular complexity index is 2880. The number of aryl methyl sites for hydroxylation is 2. The van der Waals surface area contributed by atoms with E-state index in [0.29, 0.717) is 39.7 Å². The highest BCUT2D eigenvalue weighted by atomic mass is 35.5. The predicted octanol–water partition coefficient (Wildman–Crippen LogP) is 5.65. The van der Waals surface area contributed by atoms with E-state index >= 15 is 0 Å². The molecule has 344 valence electrons. The summed E-state index contributed by atoms with van der Waals surface area (Å²) in [4.78, 5) is 79.5. The van der Waals surface area contributed by atoms with E-state index in [1.165, 1.54) is 4.88 Å². The molecule has 3 aromatic carbocycles. The number of hydrogen-bond donors (Lipinski definition) is 2. The number of aliphatic imine (C=N–C) groups is 1. The fourth-order valence-corrected chi connectivity index (χ4v) is 11.7. The van der Waals surface area contributed by atoms with Gasteiger partial charge in [-0.15, -0.1) is 21.5 Å². The quantitative estimate of drug-likeness (QED) is 0.166. The van der Waals surface area contributed by atoms with Crippen molar-refractivity contribution in [3.63, 3.8) is 0 Å². The van der Waals surface area contributed by atoms with Gasteiger partial charge in [-0.3, -0.25) is 53.5 Å². The van der Waals surface area contributed by atoms with E-state index in [9.17, 15) is 24.0 Å². The number of halogens is 1. The number of piperidine rings is 2. The Morgan fingerprint density at radius 1 is 0.851 bits per heavy atom. The van der Waals surface area contributed by atoms with Crippen LogP contribution in [0.1, 0.15) is 92.1 Å². The van der Waals surface area contributed by atoms with Crippen LogP contribution in [-0.4, -0.2) is 128 Å². The minimum absolute atomic E-state index is 0.0755. The number of nitrogens with zero attached hydrogens (tertiary/aromatic N) is 8. The van der Waals surface area contributed by atoms with Gasteiger partial charge in [-0.05, 0) is 94.1 Å². The second-order valence-electron chi connectivity index (χ2n) is 18.3. The first kappa shape index (κ1) is 43.3. The molecule has 2 N–H and O–H groups in total. The number of aromatic nitrogens is 3. The van der Waals surface area contributed by atoms with Gasteiger partial charge in [0.25, 0.3) is 11.8 Å². The van der Waals surface area contributed by atoms with Gasteiger partial charge in [0.15, 0.2) is 5.82 Å². The molecule has 2 atom stereocenters. The smallest absolute Gasteiger partial charge is 0.264 e. The average Bonchev–Trinajstić information content (AvgIpc) is 3.86. The van der Waals surface area contributed by atoms with E-state index < -0.39 is 35.7 Å². The molecular formula is C49H49ClN10O6S. The molecule has 1 unspecified atom stereocenters. The molecular weight excluding hydrogens is 892 g/mol. The third-order valence-corrected chi connectivity index (χ3v) is 15.7. The van der Waals surface area contributed by atoms with Crippen molar-refractivity contribution in [3.8, 4) is 10.8 Å². The van der Waals surface area contributed by atoms with Crippen LogP contribution in [0.2, 0.25) is 5.02 Å². The van der Waals surface area contributed by atoms with Gasteiger partial charge < -0.3 is 15.0 Å². The summed E-state index contributed by atoms with van der Waals surface area (Å²) in [6, 6.07) is 19.8. The summed E-state index contributed by atoms with van der Waals surface area (Å²) in [5.41, 5.74) is 5.91. The molecule has 16 nitrogen and oxygen atoms in total. The maximum absolute atomic E-state index is 13.7. The molecule has 0 radical (unpaired) electrons. The molecule has 2 aromatic heterocycles. The molecule has 5 aromatic rings. The van der Waals surface area contributed by atoms with E-state index in [1.54, 1.807) is 23.5 Å². The summed E-state index contributed by atoms with van der Waals surface area (Å²) in [7, 11) is 0. The molecule has 18 heteroatoms. The second-order valence-corrected chi connectivity index (χ2v) is 20.0. The normalized spacial score (nSPS) is 21.5. The van der Waals surface area contributed by atoms with Gasteiger partial charge in [0.2, 0.25) is 17.7 Å². The fraction of sp³-hybridized carbons (Fsp3) is 0.388. The number of nitrogens with one attached hydrogen (secondary N) is 2. The molecule has 0 bridgehead atoms. The van der Waals surface area contributed by atoms with Gasteiger partial charge in [-0.25, -0.2) is 0 Å². The number of thiophene rings is 1. The largest absolute Gasteiger partial charge is 0.490 e. The zero-order valence-corrected chi connectivity index (χ0v) is 38.9. The molecule has 4 fully saturated rings. The number of rotatable bonds is 10. The molecule has 6 aliphatic rings. The van der Waals surface area contributed by atoms with Gasteiger partial charge in [0, 0.05) is 84.5 Å². The molecule has 0 saturated carbocycles. The number of ether oxygens (including phenoxy) is 1. The maximum atomic E-state index is 13.7. The zero-order valence-electron chi connectivity index (χ0n) is 37.3. The number of carbonyl (C=O) groups excluding carboxylic acids is 5. The van der Waals surface area contributed by atoms with Gasteiger partial charge in [-0.2, -0.15) is 0 Å².